The number of piperazine rings is 1. The number of hydrogen-bond donors (Lipinski definition) is 1. The lowest BCUT2D eigenvalue weighted by Gasteiger charge is -2.35. The van der Waals surface area contributed by atoms with E-state index in [-0.39, 0.29) is 0 Å². The quantitative estimate of drug-likeness (QED) is 0.737. The van der Waals surface area contributed by atoms with E-state index in [0.717, 1.165) is 49.6 Å². The zero-order valence-electron chi connectivity index (χ0n) is 15.3. The predicted molar refractivity (Wildman–Crippen MR) is 105 cm³/mol. The number of nitrogens with one attached hydrogen (secondary N) is 1. The number of pyridine rings is 1. The van der Waals surface area contributed by atoms with Gasteiger partial charge in [0.05, 0.1) is 0 Å². The summed E-state index contributed by atoms with van der Waals surface area (Å²) in [5, 5.41) is 3.38. The molecule has 1 N–H and O–H groups in total. The molecule has 8 heteroatoms. The van der Waals surface area contributed by atoms with Gasteiger partial charge in [-0.25, -0.2) is 19.9 Å². The number of aryl methyl sites for hydroxylation is 1. The second kappa shape index (κ2) is 7.94. The van der Waals surface area contributed by atoms with Crippen LogP contribution in [0.2, 0.25) is 0 Å². The van der Waals surface area contributed by atoms with Crippen LogP contribution in [0.25, 0.3) is 0 Å². The van der Waals surface area contributed by atoms with E-state index in [1.807, 2.05) is 31.2 Å². The van der Waals surface area contributed by atoms with Gasteiger partial charge in [0.2, 0.25) is 5.95 Å². The summed E-state index contributed by atoms with van der Waals surface area (Å²) in [5.74, 6) is 3.34. The van der Waals surface area contributed by atoms with E-state index in [1.54, 1.807) is 24.8 Å². The van der Waals surface area contributed by atoms with Crippen LogP contribution in [0.5, 0.6) is 0 Å². The largest absolute Gasteiger partial charge is 0.366 e. The van der Waals surface area contributed by atoms with E-state index in [1.165, 1.54) is 5.56 Å². The topological polar surface area (TPSA) is 83.0 Å². The zero-order chi connectivity index (χ0) is 18.5. The van der Waals surface area contributed by atoms with Gasteiger partial charge in [0.25, 0.3) is 0 Å². The lowest BCUT2D eigenvalue weighted by molar-refractivity contribution is 0.633. The predicted octanol–water partition coefficient (Wildman–Crippen LogP) is 1.91. The summed E-state index contributed by atoms with van der Waals surface area (Å²) >= 11 is 0. The first-order chi connectivity index (χ1) is 13.3. The third-order valence-electron chi connectivity index (χ3n) is 4.49. The van der Waals surface area contributed by atoms with E-state index < -0.39 is 0 Å². The smallest absolute Gasteiger partial charge is 0.225 e. The minimum Gasteiger partial charge on any atom is -0.366 e. The maximum Gasteiger partial charge on any atom is 0.225 e. The Balaban J connectivity index is 1.41. The van der Waals surface area contributed by atoms with Gasteiger partial charge in [0.1, 0.15) is 17.5 Å². The normalized spacial score (nSPS) is 14.3. The Labute approximate surface area is 158 Å². The molecular weight excluding hydrogens is 340 g/mol. The van der Waals surface area contributed by atoms with Crippen molar-refractivity contribution >= 4 is 17.6 Å². The first-order valence-corrected chi connectivity index (χ1v) is 9.03. The van der Waals surface area contributed by atoms with E-state index in [4.69, 9.17) is 0 Å². The Hall–Kier alpha value is -3.29. The van der Waals surface area contributed by atoms with Crippen molar-refractivity contribution in [3.05, 3.63) is 60.4 Å². The van der Waals surface area contributed by atoms with Gasteiger partial charge in [-0.15, -0.1) is 0 Å². The molecule has 0 atom stereocenters. The van der Waals surface area contributed by atoms with Crippen molar-refractivity contribution in [2.45, 2.75) is 13.5 Å². The van der Waals surface area contributed by atoms with Crippen LogP contribution in [0.15, 0.2) is 49.1 Å². The van der Waals surface area contributed by atoms with Crippen LogP contribution in [-0.4, -0.2) is 51.1 Å². The van der Waals surface area contributed by atoms with Crippen molar-refractivity contribution in [2.24, 2.45) is 0 Å². The number of anilines is 3. The van der Waals surface area contributed by atoms with Gasteiger partial charge in [0, 0.05) is 63.6 Å². The summed E-state index contributed by atoms with van der Waals surface area (Å²) in [5.41, 5.74) is 1.17. The van der Waals surface area contributed by atoms with E-state index in [2.05, 4.69) is 40.0 Å². The van der Waals surface area contributed by atoms with Crippen molar-refractivity contribution in [2.75, 3.05) is 41.3 Å². The van der Waals surface area contributed by atoms with Gasteiger partial charge in [0.15, 0.2) is 0 Å². The molecule has 138 valence electrons. The Bertz CT molecular complexity index is 863. The Morgan fingerprint density at radius 2 is 1.63 bits per heavy atom. The Kier molecular flexibility index (Phi) is 5.04. The molecule has 4 heterocycles. The van der Waals surface area contributed by atoms with Crippen LogP contribution in [0, 0.1) is 6.92 Å². The molecule has 8 nitrogen and oxygen atoms in total. The van der Waals surface area contributed by atoms with Crippen molar-refractivity contribution in [1.82, 2.24) is 24.9 Å². The first-order valence-electron chi connectivity index (χ1n) is 9.03. The van der Waals surface area contributed by atoms with E-state index in [0.29, 0.717) is 6.54 Å². The molecule has 0 amide bonds. The molecule has 4 rings (SSSR count). The SMILES string of the molecule is Cc1nc(NCc2ccncc2)cc(N2CCN(c3ncccn3)CC2)n1. The summed E-state index contributed by atoms with van der Waals surface area (Å²) in [6.07, 6.45) is 7.15. The molecule has 1 aliphatic heterocycles. The molecule has 3 aromatic heterocycles. The van der Waals surface area contributed by atoms with Crippen LogP contribution in [0.1, 0.15) is 11.4 Å². The molecule has 1 fully saturated rings. The minimum atomic E-state index is 0.706. The van der Waals surface area contributed by atoms with Gasteiger partial charge in [-0.05, 0) is 30.7 Å². The van der Waals surface area contributed by atoms with E-state index >= 15 is 0 Å². The molecule has 0 radical (unpaired) electrons. The molecule has 0 spiro atoms. The Morgan fingerprint density at radius 3 is 2.37 bits per heavy atom. The third kappa shape index (κ3) is 4.28. The van der Waals surface area contributed by atoms with Crippen molar-refractivity contribution < 1.29 is 0 Å². The standard InChI is InChI=1S/C19H22N8/c1-15-24-17(23-14-16-3-7-20-8-4-16)13-18(25-15)26-9-11-27(12-10-26)19-21-5-2-6-22-19/h2-8,13H,9-12,14H2,1H3,(H,23,24,25). The zero-order valence-corrected chi connectivity index (χ0v) is 15.3. The van der Waals surface area contributed by atoms with Crippen LogP contribution >= 0.6 is 0 Å². The van der Waals surface area contributed by atoms with Crippen molar-refractivity contribution in [3.8, 4) is 0 Å². The monoisotopic (exact) mass is 362 g/mol. The number of nitrogens with zero attached hydrogens (tertiary/aromatic N) is 7. The molecular formula is C19H22N8. The Morgan fingerprint density at radius 1 is 0.926 bits per heavy atom. The summed E-state index contributed by atoms with van der Waals surface area (Å²) in [6, 6.07) is 7.84. The van der Waals surface area contributed by atoms with Crippen LogP contribution < -0.4 is 15.1 Å². The molecule has 1 aliphatic rings. The average molecular weight is 362 g/mol. The molecule has 3 aromatic rings. The second-order valence-electron chi connectivity index (χ2n) is 6.39. The molecule has 1 saturated heterocycles. The molecule has 0 unspecified atom stereocenters. The van der Waals surface area contributed by atoms with Crippen molar-refractivity contribution in [1.29, 1.82) is 0 Å². The minimum absolute atomic E-state index is 0.706. The number of rotatable bonds is 5. The highest BCUT2D eigenvalue weighted by atomic mass is 15.3. The van der Waals surface area contributed by atoms with Crippen LogP contribution in [0.4, 0.5) is 17.6 Å². The fourth-order valence-electron chi connectivity index (χ4n) is 3.09. The van der Waals surface area contributed by atoms with Gasteiger partial charge >= 0.3 is 0 Å². The van der Waals surface area contributed by atoms with Gasteiger partial charge in [-0.2, -0.15) is 0 Å². The molecule has 27 heavy (non-hydrogen) atoms. The average Bonchev–Trinajstić information content (AvgIpc) is 2.73. The first kappa shape index (κ1) is 17.1. The molecule has 0 aromatic carbocycles. The number of hydrogen-bond acceptors (Lipinski definition) is 8. The van der Waals surface area contributed by atoms with Crippen LogP contribution in [-0.2, 0) is 6.54 Å². The van der Waals surface area contributed by atoms with Crippen LogP contribution in [0.3, 0.4) is 0 Å². The fraction of sp³-hybridized carbons (Fsp3) is 0.316. The van der Waals surface area contributed by atoms with Gasteiger partial charge in [-0.3, -0.25) is 4.98 Å². The molecule has 0 saturated carbocycles. The van der Waals surface area contributed by atoms with Crippen molar-refractivity contribution in [3.63, 3.8) is 0 Å². The lowest BCUT2D eigenvalue weighted by Crippen LogP contribution is -2.47. The number of aromatic nitrogens is 5. The highest BCUT2D eigenvalue weighted by Gasteiger charge is 2.20. The second-order valence-corrected chi connectivity index (χ2v) is 6.39. The maximum atomic E-state index is 4.63. The van der Waals surface area contributed by atoms with Gasteiger partial charge < -0.3 is 15.1 Å². The van der Waals surface area contributed by atoms with Gasteiger partial charge in [-0.1, -0.05) is 0 Å². The summed E-state index contributed by atoms with van der Waals surface area (Å²) < 4.78 is 0. The molecule has 0 bridgehead atoms. The lowest BCUT2D eigenvalue weighted by atomic mass is 10.2. The maximum absolute atomic E-state index is 4.63. The fourth-order valence-corrected chi connectivity index (χ4v) is 3.09. The third-order valence-corrected chi connectivity index (χ3v) is 4.49. The highest BCUT2D eigenvalue weighted by molar-refractivity contribution is 5.51. The summed E-state index contributed by atoms with van der Waals surface area (Å²) in [7, 11) is 0. The van der Waals surface area contributed by atoms with E-state index in [9.17, 15) is 0 Å². The molecule has 0 aliphatic carbocycles. The highest BCUT2D eigenvalue weighted by Crippen LogP contribution is 2.19. The summed E-state index contributed by atoms with van der Waals surface area (Å²) in [6.45, 7) is 6.11. The summed E-state index contributed by atoms with van der Waals surface area (Å²) in [4.78, 5) is 26.3.